The van der Waals surface area contributed by atoms with E-state index in [2.05, 4.69) is 37.9 Å². The summed E-state index contributed by atoms with van der Waals surface area (Å²) in [6, 6.07) is 0. The fourth-order valence-electron chi connectivity index (χ4n) is 2.25. The molecule has 1 aliphatic heterocycles. The van der Waals surface area contributed by atoms with Crippen LogP contribution in [0, 0.1) is 11.8 Å². The molecule has 2 atom stereocenters. The highest BCUT2D eigenvalue weighted by atomic mass is 32.2. The second-order valence-electron chi connectivity index (χ2n) is 4.96. The number of hydrogen-bond acceptors (Lipinski definition) is 3. The molecular weight excluding hydrogens is 264 g/mol. The van der Waals surface area contributed by atoms with E-state index in [9.17, 15) is 4.79 Å². The zero-order chi connectivity index (χ0) is 13.7. The Morgan fingerprint density at radius 1 is 1.44 bits per heavy atom. The van der Waals surface area contributed by atoms with E-state index in [1.807, 2.05) is 11.8 Å². The number of nitrogens with zero attached hydrogens (tertiary/aromatic N) is 1. The Morgan fingerprint density at radius 2 is 2.11 bits per heavy atom. The lowest BCUT2D eigenvalue weighted by atomic mass is 9.92. The lowest BCUT2D eigenvalue weighted by molar-refractivity contribution is -0.127. The van der Waals surface area contributed by atoms with E-state index in [0.717, 1.165) is 25.1 Å². The van der Waals surface area contributed by atoms with Gasteiger partial charge >= 0.3 is 0 Å². The van der Waals surface area contributed by atoms with Gasteiger partial charge in [-0.2, -0.15) is 0 Å². The van der Waals surface area contributed by atoms with Gasteiger partial charge in [-0.05, 0) is 30.3 Å². The third kappa shape index (κ3) is 3.60. The first kappa shape index (κ1) is 15.8. The van der Waals surface area contributed by atoms with Crippen LogP contribution in [-0.4, -0.2) is 33.6 Å². The van der Waals surface area contributed by atoms with Crippen LogP contribution in [0.5, 0.6) is 0 Å². The Hall–Kier alpha value is -0.290. The van der Waals surface area contributed by atoms with E-state index in [4.69, 9.17) is 12.2 Å². The van der Waals surface area contributed by atoms with Crippen molar-refractivity contribution in [2.45, 2.75) is 45.9 Å². The van der Waals surface area contributed by atoms with Crippen LogP contribution < -0.4 is 5.32 Å². The van der Waals surface area contributed by atoms with Gasteiger partial charge in [0.05, 0.1) is 11.3 Å². The van der Waals surface area contributed by atoms with E-state index in [1.165, 1.54) is 0 Å². The molecule has 0 saturated carbocycles. The molecule has 0 aliphatic carbocycles. The summed E-state index contributed by atoms with van der Waals surface area (Å²) in [5.74, 6) is 1.46. The number of carbonyl (C=O) groups excluding carboxylic acids is 1. The number of thioether (sulfide) groups is 1. The van der Waals surface area contributed by atoms with Crippen molar-refractivity contribution in [2.24, 2.45) is 11.8 Å². The largest absolute Gasteiger partial charge is 0.336 e. The molecule has 0 aromatic heterocycles. The Bertz CT molecular complexity index is 307. The number of rotatable bonds is 6. The number of nitrogens with one attached hydrogen (secondary N) is 1. The molecule has 0 aromatic rings. The fraction of sp³-hybridized carbons (Fsp3) is 0.846. The Balaban J connectivity index is 2.90. The smallest absolute Gasteiger partial charge is 0.232 e. The molecule has 1 amide bonds. The minimum Gasteiger partial charge on any atom is -0.336 e. The zero-order valence-electron chi connectivity index (χ0n) is 11.7. The maximum atomic E-state index is 12.1. The summed E-state index contributed by atoms with van der Waals surface area (Å²) < 4.78 is 0. The second-order valence-corrected chi connectivity index (χ2v) is 6.74. The van der Waals surface area contributed by atoms with Crippen LogP contribution in [0.2, 0.25) is 0 Å². The first-order valence-corrected chi connectivity index (χ1v) is 8.21. The SMILES string of the molecule is CCCCN1C(=S)NC(=O)C(C(C)C)C1SCC. The van der Waals surface area contributed by atoms with Gasteiger partial charge in [-0.15, -0.1) is 11.8 Å². The van der Waals surface area contributed by atoms with Crippen LogP contribution in [0.4, 0.5) is 0 Å². The standard InChI is InChI=1S/C13H24N2OS2/c1-5-7-8-15-12(18-6-2)10(9(3)4)11(16)14-13(15)17/h9-10,12H,5-8H2,1-4H3,(H,14,16,17). The predicted octanol–water partition coefficient (Wildman–Crippen LogP) is 2.85. The number of amides is 1. The maximum absolute atomic E-state index is 12.1. The molecular formula is C13H24N2OS2. The highest BCUT2D eigenvalue weighted by Gasteiger charge is 2.40. The molecule has 1 saturated heterocycles. The summed E-state index contributed by atoms with van der Waals surface area (Å²) in [6.45, 7) is 9.47. The van der Waals surface area contributed by atoms with Crippen molar-refractivity contribution in [1.29, 1.82) is 0 Å². The van der Waals surface area contributed by atoms with Gasteiger partial charge in [0.2, 0.25) is 5.91 Å². The molecule has 2 unspecified atom stereocenters. The normalized spacial score (nSPS) is 24.6. The fourth-order valence-corrected chi connectivity index (χ4v) is 4.00. The van der Waals surface area contributed by atoms with E-state index < -0.39 is 0 Å². The Morgan fingerprint density at radius 3 is 2.61 bits per heavy atom. The number of thiocarbonyl (C=S) groups is 1. The van der Waals surface area contributed by atoms with Gasteiger partial charge < -0.3 is 10.2 Å². The third-order valence-corrected chi connectivity index (χ3v) is 4.78. The van der Waals surface area contributed by atoms with E-state index in [-0.39, 0.29) is 17.2 Å². The first-order chi connectivity index (χ1) is 8.52. The topological polar surface area (TPSA) is 32.3 Å². The van der Waals surface area contributed by atoms with E-state index >= 15 is 0 Å². The molecule has 104 valence electrons. The summed E-state index contributed by atoms with van der Waals surface area (Å²) in [7, 11) is 0. The summed E-state index contributed by atoms with van der Waals surface area (Å²) in [5.41, 5.74) is 0. The number of unbranched alkanes of at least 4 members (excludes halogenated alkanes) is 1. The molecule has 0 spiro atoms. The molecule has 5 heteroatoms. The highest BCUT2D eigenvalue weighted by Crippen LogP contribution is 2.32. The van der Waals surface area contributed by atoms with Crippen LogP contribution in [0.25, 0.3) is 0 Å². The van der Waals surface area contributed by atoms with Gasteiger partial charge in [-0.3, -0.25) is 4.79 Å². The third-order valence-electron chi connectivity index (χ3n) is 3.22. The molecule has 0 radical (unpaired) electrons. The van der Waals surface area contributed by atoms with E-state index in [0.29, 0.717) is 11.0 Å². The van der Waals surface area contributed by atoms with Crippen LogP contribution >= 0.6 is 24.0 Å². The summed E-state index contributed by atoms with van der Waals surface area (Å²) >= 11 is 7.16. The Kier molecular flexibility index (Phi) is 6.43. The molecule has 1 fully saturated rings. The second kappa shape index (κ2) is 7.34. The van der Waals surface area contributed by atoms with Crippen LogP contribution in [-0.2, 0) is 4.79 Å². The average molecular weight is 288 g/mol. The zero-order valence-corrected chi connectivity index (χ0v) is 13.4. The monoisotopic (exact) mass is 288 g/mol. The molecule has 1 heterocycles. The van der Waals surface area contributed by atoms with Crippen LogP contribution in [0.1, 0.15) is 40.5 Å². The molecule has 3 nitrogen and oxygen atoms in total. The van der Waals surface area contributed by atoms with Crippen molar-refractivity contribution in [2.75, 3.05) is 12.3 Å². The van der Waals surface area contributed by atoms with Crippen molar-refractivity contribution in [1.82, 2.24) is 10.2 Å². The van der Waals surface area contributed by atoms with Gasteiger partial charge in [0.25, 0.3) is 0 Å². The predicted molar refractivity (Wildman–Crippen MR) is 82.6 cm³/mol. The lowest BCUT2D eigenvalue weighted by Crippen LogP contribution is -2.60. The van der Waals surface area contributed by atoms with Gasteiger partial charge in [-0.1, -0.05) is 34.1 Å². The maximum Gasteiger partial charge on any atom is 0.232 e. The van der Waals surface area contributed by atoms with E-state index in [1.54, 1.807) is 0 Å². The quantitative estimate of drug-likeness (QED) is 0.762. The molecule has 0 aromatic carbocycles. The molecule has 1 rings (SSSR count). The first-order valence-electron chi connectivity index (χ1n) is 6.75. The lowest BCUT2D eigenvalue weighted by Gasteiger charge is -2.43. The molecule has 18 heavy (non-hydrogen) atoms. The minimum absolute atomic E-state index is 0.0264. The van der Waals surface area contributed by atoms with Gasteiger partial charge in [0, 0.05) is 6.54 Å². The van der Waals surface area contributed by atoms with Crippen molar-refractivity contribution >= 4 is 35.0 Å². The number of hydrogen-bond donors (Lipinski definition) is 1. The summed E-state index contributed by atoms with van der Waals surface area (Å²) in [5, 5.41) is 3.67. The van der Waals surface area contributed by atoms with Crippen molar-refractivity contribution in [3.8, 4) is 0 Å². The number of carbonyl (C=O) groups is 1. The molecule has 0 bridgehead atoms. The molecule has 1 N–H and O–H groups in total. The molecule has 1 aliphatic rings. The van der Waals surface area contributed by atoms with Gasteiger partial charge in [0.1, 0.15) is 0 Å². The van der Waals surface area contributed by atoms with Crippen molar-refractivity contribution in [3.63, 3.8) is 0 Å². The highest BCUT2D eigenvalue weighted by molar-refractivity contribution is 7.99. The summed E-state index contributed by atoms with van der Waals surface area (Å²) in [6.07, 6.45) is 2.25. The average Bonchev–Trinajstić information content (AvgIpc) is 2.28. The summed E-state index contributed by atoms with van der Waals surface area (Å²) in [4.78, 5) is 14.3. The minimum atomic E-state index is 0.0264. The Labute approximate surface area is 120 Å². The van der Waals surface area contributed by atoms with Gasteiger partial charge in [-0.25, -0.2) is 0 Å². The van der Waals surface area contributed by atoms with Crippen LogP contribution in [0.15, 0.2) is 0 Å². The van der Waals surface area contributed by atoms with Crippen molar-refractivity contribution < 1.29 is 4.79 Å². The van der Waals surface area contributed by atoms with Gasteiger partial charge in [0.15, 0.2) is 5.11 Å². The van der Waals surface area contributed by atoms with Crippen LogP contribution in [0.3, 0.4) is 0 Å². The van der Waals surface area contributed by atoms with Crippen molar-refractivity contribution in [3.05, 3.63) is 0 Å².